The van der Waals surface area contributed by atoms with Crippen LogP contribution in [0.2, 0.25) is 10.0 Å². The highest BCUT2D eigenvalue weighted by atomic mass is 35.5. The molecule has 2 rings (SSSR count). The van der Waals surface area contributed by atoms with Gasteiger partial charge in [0.05, 0.1) is 17.8 Å². The summed E-state index contributed by atoms with van der Waals surface area (Å²) in [5.74, 6) is 0.451. The van der Waals surface area contributed by atoms with Crippen LogP contribution in [0.15, 0.2) is 24.5 Å². The summed E-state index contributed by atoms with van der Waals surface area (Å²) >= 11 is 11.9. The van der Waals surface area contributed by atoms with Crippen molar-refractivity contribution in [1.82, 2.24) is 9.78 Å². The summed E-state index contributed by atoms with van der Waals surface area (Å²) in [6.07, 6.45) is 3.56. The fraction of sp³-hybridized carbons (Fsp3) is 0.250. The highest BCUT2D eigenvalue weighted by Crippen LogP contribution is 2.33. The maximum absolute atomic E-state index is 9.25. The average Bonchev–Trinajstić information content (AvgIpc) is 2.73. The largest absolute Gasteiger partial charge is 0.487 e. The molecule has 2 aromatic rings. The lowest BCUT2D eigenvalue weighted by Crippen LogP contribution is -1.99. The van der Waals surface area contributed by atoms with Crippen molar-refractivity contribution < 1.29 is 9.84 Å². The molecule has 0 unspecified atom stereocenters. The quantitative estimate of drug-likeness (QED) is 0.940. The molecule has 0 radical (unpaired) electrons. The topological polar surface area (TPSA) is 47.3 Å². The van der Waals surface area contributed by atoms with Crippen LogP contribution in [0, 0.1) is 0 Å². The zero-order valence-corrected chi connectivity index (χ0v) is 11.2. The summed E-state index contributed by atoms with van der Waals surface area (Å²) in [5.41, 5.74) is 1.49. The maximum Gasteiger partial charge on any atom is 0.144 e. The number of aliphatic hydroxyl groups is 1. The molecule has 0 saturated heterocycles. The number of hydrogen-bond acceptors (Lipinski definition) is 3. The third-order valence-electron chi connectivity index (χ3n) is 2.40. The Labute approximate surface area is 115 Å². The summed E-state index contributed by atoms with van der Waals surface area (Å²) in [5, 5.41) is 14.2. The van der Waals surface area contributed by atoms with Crippen LogP contribution in [0.25, 0.3) is 0 Å². The summed E-state index contributed by atoms with van der Waals surface area (Å²) in [6.45, 7) is 0.158. The molecule has 1 aromatic heterocycles. The molecule has 4 nitrogen and oxygen atoms in total. The fourth-order valence-electron chi connectivity index (χ4n) is 1.59. The monoisotopic (exact) mass is 286 g/mol. The van der Waals surface area contributed by atoms with Crippen molar-refractivity contribution in [3.05, 3.63) is 45.7 Å². The van der Waals surface area contributed by atoms with Crippen molar-refractivity contribution in [3.8, 4) is 5.75 Å². The van der Waals surface area contributed by atoms with Gasteiger partial charge in [-0.25, -0.2) is 0 Å². The lowest BCUT2D eigenvalue weighted by atomic mass is 10.2. The Kier molecular flexibility index (Phi) is 4.11. The van der Waals surface area contributed by atoms with Crippen molar-refractivity contribution in [2.24, 2.45) is 7.05 Å². The number of halogens is 2. The van der Waals surface area contributed by atoms with Gasteiger partial charge in [0.25, 0.3) is 0 Å². The molecule has 0 fully saturated rings. The van der Waals surface area contributed by atoms with E-state index >= 15 is 0 Å². The van der Waals surface area contributed by atoms with Crippen LogP contribution in [0.3, 0.4) is 0 Å². The Balaban J connectivity index is 2.18. The minimum absolute atomic E-state index is 0.178. The Morgan fingerprint density at radius 1 is 1.39 bits per heavy atom. The van der Waals surface area contributed by atoms with E-state index in [-0.39, 0.29) is 6.61 Å². The lowest BCUT2D eigenvalue weighted by molar-refractivity contribution is 0.259. The van der Waals surface area contributed by atoms with Crippen molar-refractivity contribution in [1.29, 1.82) is 0 Å². The van der Waals surface area contributed by atoms with Gasteiger partial charge < -0.3 is 9.84 Å². The molecule has 0 atom stereocenters. The van der Waals surface area contributed by atoms with Crippen LogP contribution >= 0.6 is 23.2 Å². The molecule has 6 heteroatoms. The van der Waals surface area contributed by atoms with Crippen LogP contribution in [0.1, 0.15) is 11.1 Å². The van der Waals surface area contributed by atoms with Gasteiger partial charge in [-0.05, 0) is 12.1 Å². The first kappa shape index (κ1) is 13.2. The van der Waals surface area contributed by atoms with Crippen LogP contribution in [0.5, 0.6) is 5.75 Å². The van der Waals surface area contributed by atoms with E-state index in [2.05, 4.69) is 5.10 Å². The van der Waals surface area contributed by atoms with Crippen molar-refractivity contribution >= 4 is 23.2 Å². The van der Waals surface area contributed by atoms with Gasteiger partial charge >= 0.3 is 0 Å². The smallest absolute Gasteiger partial charge is 0.144 e. The molecular weight excluding hydrogens is 275 g/mol. The van der Waals surface area contributed by atoms with E-state index in [4.69, 9.17) is 27.9 Å². The lowest BCUT2D eigenvalue weighted by Gasteiger charge is -2.11. The first-order valence-corrected chi connectivity index (χ1v) is 6.05. The van der Waals surface area contributed by atoms with Crippen LogP contribution in [-0.4, -0.2) is 14.9 Å². The van der Waals surface area contributed by atoms with Crippen LogP contribution in [0.4, 0.5) is 0 Å². The minimum atomic E-state index is -0.178. The molecule has 0 saturated carbocycles. The van der Waals surface area contributed by atoms with Crippen LogP contribution < -0.4 is 4.74 Å². The van der Waals surface area contributed by atoms with Gasteiger partial charge in [0.2, 0.25) is 0 Å². The van der Waals surface area contributed by atoms with Gasteiger partial charge in [-0.2, -0.15) is 5.10 Å². The average molecular weight is 287 g/mol. The van der Waals surface area contributed by atoms with E-state index in [1.807, 2.05) is 13.2 Å². The van der Waals surface area contributed by atoms with E-state index in [0.29, 0.717) is 28.0 Å². The molecule has 0 amide bonds. The first-order chi connectivity index (χ1) is 8.60. The van der Waals surface area contributed by atoms with Gasteiger partial charge in [0.15, 0.2) is 0 Å². The van der Waals surface area contributed by atoms with E-state index in [0.717, 1.165) is 5.56 Å². The number of hydrogen-bond donors (Lipinski definition) is 1. The number of ether oxygens (including phenoxy) is 1. The SMILES string of the molecule is Cn1cc(COc2c(Cl)cc(Cl)cc2CO)cn1. The standard InChI is InChI=1S/C12H12Cl2N2O2/c1-16-5-8(4-15-16)7-18-12-9(6-17)2-10(13)3-11(12)14/h2-5,17H,6-7H2,1H3. The molecule has 1 aromatic carbocycles. The number of aliphatic hydroxyl groups excluding tert-OH is 1. The second-order valence-electron chi connectivity index (χ2n) is 3.84. The van der Waals surface area contributed by atoms with Crippen molar-refractivity contribution in [2.75, 3.05) is 0 Å². The van der Waals surface area contributed by atoms with E-state index in [1.165, 1.54) is 0 Å². The molecule has 0 aliphatic rings. The number of aromatic nitrogens is 2. The highest BCUT2D eigenvalue weighted by molar-refractivity contribution is 6.35. The molecule has 0 aliphatic heterocycles. The van der Waals surface area contributed by atoms with E-state index < -0.39 is 0 Å². The van der Waals surface area contributed by atoms with Gasteiger partial charge in [-0.15, -0.1) is 0 Å². The normalized spacial score (nSPS) is 10.7. The summed E-state index contributed by atoms with van der Waals surface area (Å²) < 4.78 is 7.30. The molecule has 1 N–H and O–H groups in total. The van der Waals surface area contributed by atoms with Crippen LogP contribution in [-0.2, 0) is 20.3 Å². The second-order valence-corrected chi connectivity index (χ2v) is 4.69. The molecule has 1 heterocycles. The van der Waals surface area contributed by atoms with Gasteiger partial charge in [0.1, 0.15) is 12.4 Å². The Morgan fingerprint density at radius 2 is 2.17 bits per heavy atom. The minimum Gasteiger partial charge on any atom is -0.487 e. The van der Waals surface area contributed by atoms with Crippen molar-refractivity contribution in [2.45, 2.75) is 13.2 Å². The molecule has 18 heavy (non-hydrogen) atoms. The van der Waals surface area contributed by atoms with E-state index in [9.17, 15) is 5.11 Å². The summed E-state index contributed by atoms with van der Waals surface area (Å²) in [7, 11) is 1.83. The number of benzene rings is 1. The summed E-state index contributed by atoms with van der Waals surface area (Å²) in [4.78, 5) is 0. The Bertz CT molecular complexity index is 555. The zero-order chi connectivity index (χ0) is 13.1. The Morgan fingerprint density at radius 3 is 2.78 bits per heavy atom. The predicted octanol–water partition coefficient (Wildman–Crippen LogP) is 2.80. The van der Waals surface area contributed by atoms with Gasteiger partial charge in [-0.3, -0.25) is 4.68 Å². The molecule has 0 bridgehead atoms. The highest BCUT2D eigenvalue weighted by Gasteiger charge is 2.10. The first-order valence-electron chi connectivity index (χ1n) is 5.29. The zero-order valence-electron chi connectivity index (χ0n) is 9.73. The molecular formula is C12H12Cl2N2O2. The predicted molar refractivity (Wildman–Crippen MR) is 69.9 cm³/mol. The maximum atomic E-state index is 9.25. The summed E-state index contributed by atoms with van der Waals surface area (Å²) in [6, 6.07) is 3.22. The molecule has 96 valence electrons. The number of rotatable bonds is 4. The molecule has 0 spiro atoms. The fourth-order valence-corrected chi connectivity index (χ4v) is 2.18. The van der Waals surface area contributed by atoms with Crippen molar-refractivity contribution in [3.63, 3.8) is 0 Å². The number of nitrogens with zero attached hydrogens (tertiary/aromatic N) is 2. The number of aryl methyl sites for hydroxylation is 1. The third-order valence-corrected chi connectivity index (χ3v) is 2.90. The Hall–Kier alpha value is -1.23. The molecule has 0 aliphatic carbocycles. The van der Waals surface area contributed by atoms with E-state index in [1.54, 1.807) is 23.0 Å². The third kappa shape index (κ3) is 2.96. The van der Waals surface area contributed by atoms with Gasteiger partial charge in [0, 0.05) is 29.4 Å². The second kappa shape index (κ2) is 5.61. The van der Waals surface area contributed by atoms with Gasteiger partial charge in [-0.1, -0.05) is 23.2 Å².